The monoisotopic (exact) mass is 528 g/mol. The number of nitriles is 1. The molecule has 1 aliphatic heterocycles. The van der Waals surface area contributed by atoms with Gasteiger partial charge in [-0.1, -0.05) is 61.2 Å². The van der Waals surface area contributed by atoms with E-state index in [1.54, 1.807) is 48.5 Å². The highest BCUT2D eigenvalue weighted by Crippen LogP contribution is 2.30. The second kappa shape index (κ2) is 13.3. The first-order valence-electron chi connectivity index (χ1n) is 12.3. The number of sulfonamides is 1. The molecule has 7 nitrogen and oxygen atoms in total. The highest BCUT2D eigenvalue weighted by atomic mass is 32.2. The molecule has 196 valence electrons. The number of carbonyl (C=O) groups excluding carboxylic acids is 1. The first kappa shape index (κ1) is 28.2. The maximum atomic E-state index is 13.3. The molecule has 1 heterocycles. The van der Waals surface area contributed by atoms with Gasteiger partial charge in [0.25, 0.3) is 5.91 Å². The molecule has 3 aromatic carbocycles. The van der Waals surface area contributed by atoms with Crippen molar-refractivity contribution in [2.24, 2.45) is 0 Å². The van der Waals surface area contributed by atoms with Gasteiger partial charge in [0.1, 0.15) is 6.04 Å². The Bertz CT molecular complexity index is 1440. The standard InChI is InChI=1S/C25H24N4O3S.C5H8/c1-18-15-22(11-12-23(18)29-13-6-14-33(29,31)32)28-25(30)24(20-8-3-2-4-9-20)27-21-10-5-7-19(16-21)17-26;1-3-5-4-2/h2-5,7-12,15-16,24,27H,6,13-14H2,1H3,(H,28,30);3-5H,1H2,2H3/b;5-4-. The van der Waals surface area contributed by atoms with Crippen LogP contribution in [0, 0.1) is 18.3 Å². The Balaban J connectivity index is 0.000000732. The Morgan fingerprint density at radius 3 is 2.42 bits per heavy atom. The number of carbonyl (C=O) groups is 1. The number of hydrogen-bond donors (Lipinski definition) is 2. The van der Waals surface area contributed by atoms with E-state index in [2.05, 4.69) is 23.3 Å². The molecule has 3 aromatic rings. The van der Waals surface area contributed by atoms with Gasteiger partial charge < -0.3 is 10.6 Å². The number of allylic oxidation sites excluding steroid dienone is 3. The van der Waals surface area contributed by atoms with E-state index in [0.717, 1.165) is 11.1 Å². The second-order valence-electron chi connectivity index (χ2n) is 8.67. The average Bonchev–Trinajstić information content (AvgIpc) is 3.27. The molecule has 1 aliphatic rings. The van der Waals surface area contributed by atoms with Gasteiger partial charge in [0, 0.05) is 17.9 Å². The molecule has 2 N–H and O–H groups in total. The van der Waals surface area contributed by atoms with Crippen molar-refractivity contribution in [3.63, 3.8) is 0 Å². The van der Waals surface area contributed by atoms with E-state index in [0.29, 0.717) is 35.6 Å². The zero-order valence-corrected chi connectivity index (χ0v) is 22.4. The van der Waals surface area contributed by atoms with Gasteiger partial charge in [-0.25, -0.2) is 8.42 Å². The highest BCUT2D eigenvalue weighted by molar-refractivity contribution is 7.93. The summed E-state index contributed by atoms with van der Waals surface area (Å²) in [6, 6.07) is 22.9. The third-order valence-electron chi connectivity index (χ3n) is 5.86. The second-order valence-corrected chi connectivity index (χ2v) is 10.7. The molecular weight excluding hydrogens is 496 g/mol. The van der Waals surface area contributed by atoms with Gasteiger partial charge in [0.05, 0.1) is 23.1 Å². The van der Waals surface area contributed by atoms with Crippen LogP contribution >= 0.6 is 0 Å². The van der Waals surface area contributed by atoms with Crippen molar-refractivity contribution in [3.8, 4) is 6.07 Å². The number of aryl methyl sites for hydroxylation is 1. The molecule has 1 saturated heterocycles. The molecule has 0 spiro atoms. The molecule has 0 bridgehead atoms. The molecule has 0 aliphatic carbocycles. The number of amides is 1. The van der Waals surface area contributed by atoms with Gasteiger partial charge in [0.2, 0.25) is 10.0 Å². The number of benzene rings is 3. The molecule has 8 heteroatoms. The summed E-state index contributed by atoms with van der Waals surface area (Å²) in [7, 11) is -3.28. The lowest BCUT2D eigenvalue weighted by molar-refractivity contribution is -0.117. The van der Waals surface area contributed by atoms with Gasteiger partial charge in [-0.05, 0) is 67.8 Å². The summed E-state index contributed by atoms with van der Waals surface area (Å²) >= 11 is 0. The fourth-order valence-corrected chi connectivity index (χ4v) is 5.69. The molecule has 1 atom stereocenters. The van der Waals surface area contributed by atoms with Crippen LogP contribution in [0.1, 0.15) is 36.1 Å². The minimum absolute atomic E-state index is 0.155. The van der Waals surface area contributed by atoms with Gasteiger partial charge in [-0.2, -0.15) is 5.26 Å². The fourth-order valence-electron chi connectivity index (χ4n) is 4.06. The number of anilines is 3. The van der Waals surface area contributed by atoms with Crippen molar-refractivity contribution >= 4 is 33.0 Å². The molecule has 0 saturated carbocycles. The van der Waals surface area contributed by atoms with Crippen LogP contribution in [0.3, 0.4) is 0 Å². The van der Waals surface area contributed by atoms with Crippen molar-refractivity contribution in [2.75, 3.05) is 27.2 Å². The Morgan fingerprint density at radius 2 is 1.84 bits per heavy atom. The lowest BCUT2D eigenvalue weighted by Gasteiger charge is -2.22. The average molecular weight is 529 g/mol. The van der Waals surface area contributed by atoms with Crippen LogP contribution in [0.5, 0.6) is 0 Å². The summed E-state index contributed by atoms with van der Waals surface area (Å²) < 4.78 is 26.0. The Labute approximate surface area is 225 Å². The smallest absolute Gasteiger partial charge is 0.251 e. The summed E-state index contributed by atoms with van der Waals surface area (Å²) in [6.45, 7) is 7.72. The minimum Gasteiger partial charge on any atom is -0.370 e. The predicted molar refractivity (Wildman–Crippen MR) is 155 cm³/mol. The third kappa shape index (κ3) is 7.34. The van der Waals surface area contributed by atoms with Gasteiger partial charge in [0.15, 0.2) is 0 Å². The lowest BCUT2D eigenvalue weighted by Crippen LogP contribution is -2.28. The molecular formula is C30H32N4O3S. The van der Waals surface area contributed by atoms with Gasteiger partial charge >= 0.3 is 0 Å². The molecule has 0 radical (unpaired) electrons. The van der Waals surface area contributed by atoms with Crippen LogP contribution in [-0.2, 0) is 14.8 Å². The lowest BCUT2D eigenvalue weighted by atomic mass is 10.0. The van der Waals surface area contributed by atoms with E-state index in [1.807, 2.05) is 56.3 Å². The number of nitrogens with one attached hydrogen (secondary N) is 2. The molecule has 0 aromatic heterocycles. The summed E-state index contributed by atoms with van der Waals surface area (Å²) in [5.41, 5.74) is 3.90. The van der Waals surface area contributed by atoms with E-state index < -0.39 is 16.1 Å². The number of rotatable bonds is 7. The maximum absolute atomic E-state index is 13.3. The van der Waals surface area contributed by atoms with Crippen LogP contribution in [0.4, 0.5) is 17.1 Å². The normalized spacial score (nSPS) is 14.6. The van der Waals surface area contributed by atoms with Crippen LogP contribution in [0.15, 0.2) is 97.6 Å². The van der Waals surface area contributed by atoms with Crippen molar-refractivity contribution < 1.29 is 13.2 Å². The van der Waals surface area contributed by atoms with Crippen molar-refractivity contribution in [2.45, 2.75) is 26.3 Å². The minimum atomic E-state index is -3.28. The Morgan fingerprint density at radius 1 is 1.08 bits per heavy atom. The van der Waals surface area contributed by atoms with Crippen LogP contribution in [0.2, 0.25) is 0 Å². The van der Waals surface area contributed by atoms with Gasteiger partial charge in [-0.15, -0.1) is 0 Å². The Hall–Kier alpha value is -4.35. The van der Waals surface area contributed by atoms with E-state index in [4.69, 9.17) is 0 Å². The van der Waals surface area contributed by atoms with E-state index in [-0.39, 0.29) is 11.7 Å². The van der Waals surface area contributed by atoms with E-state index in [9.17, 15) is 18.5 Å². The largest absolute Gasteiger partial charge is 0.370 e. The quantitative estimate of drug-likeness (QED) is 0.369. The topological polar surface area (TPSA) is 102 Å². The molecule has 1 fully saturated rings. The first-order valence-corrected chi connectivity index (χ1v) is 13.9. The molecule has 4 rings (SSSR count). The van der Waals surface area contributed by atoms with Crippen LogP contribution in [0.25, 0.3) is 0 Å². The first-order chi connectivity index (χ1) is 18.3. The van der Waals surface area contributed by atoms with Crippen molar-refractivity contribution in [3.05, 3.63) is 114 Å². The number of hydrogen-bond acceptors (Lipinski definition) is 5. The molecule has 1 unspecified atom stereocenters. The predicted octanol–water partition coefficient (Wildman–Crippen LogP) is 5.95. The zero-order chi connectivity index (χ0) is 27.5. The van der Waals surface area contributed by atoms with E-state index in [1.165, 1.54) is 4.31 Å². The third-order valence-corrected chi connectivity index (χ3v) is 7.71. The van der Waals surface area contributed by atoms with Gasteiger partial charge in [-0.3, -0.25) is 9.10 Å². The van der Waals surface area contributed by atoms with Crippen LogP contribution < -0.4 is 14.9 Å². The molecule has 38 heavy (non-hydrogen) atoms. The van der Waals surface area contributed by atoms with Crippen molar-refractivity contribution in [1.29, 1.82) is 5.26 Å². The summed E-state index contributed by atoms with van der Waals surface area (Å²) in [5, 5.41) is 15.3. The van der Waals surface area contributed by atoms with E-state index >= 15 is 0 Å². The zero-order valence-electron chi connectivity index (χ0n) is 21.6. The maximum Gasteiger partial charge on any atom is 0.251 e. The summed E-state index contributed by atoms with van der Waals surface area (Å²) in [4.78, 5) is 13.3. The van der Waals surface area contributed by atoms with Crippen molar-refractivity contribution in [1.82, 2.24) is 0 Å². The number of nitrogens with zero attached hydrogens (tertiary/aromatic N) is 2. The molecule has 1 amide bonds. The Kier molecular flexibility index (Phi) is 9.85. The fraction of sp³-hybridized carbons (Fsp3) is 0.200. The van der Waals surface area contributed by atoms with Crippen LogP contribution in [-0.4, -0.2) is 26.6 Å². The highest BCUT2D eigenvalue weighted by Gasteiger charge is 2.29. The SMILES string of the molecule is C=C/C=C\C.Cc1cc(NC(=O)C(Nc2cccc(C#N)c2)c2ccccc2)ccc1N1CCCS1(=O)=O. The summed E-state index contributed by atoms with van der Waals surface area (Å²) in [5.74, 6) is -0.118. The summed E-state index contributed by atoms with van der Waals surface area (Å²) in [6.07, 6.45) is 6.19.